The Morgan fingerprint density at radius 1 is 1.21 bits per heavy atom. The minimum Gasteiger partial charge on any atom is -0.387 e. The quantitative estimate of drug-likeness (QED) is 0.506. The number of benzene rings is 1. The average molecular weight is 429 g/mol. The number of alkyl halides is 3. The van der Waals surface area contributed by atoms with Gasteiger partial charge in [-0.3, -0.25) is 4.57 Å². The molecule has 0 radical (unpaired) electrons. The van der Waals surface area contributed by atoms with Crippen molar-refractivity contribution >= 4 is 27.2 Å². The molecule has 0 unspecified atom stereocenters. The normalized spacial score (nSPS) is 13.1. The third-order valence-corrected chi connectivity index (χ3v) is 5.69. The van der Waals surface area contributed by atoms with Gasteiger partial charge >= 0.3 is 6.18 Å². The van der Waals surface area contributed by atoms with E-state index in [1.165, 1.54) is 47.1 Å². The van der Waals surface area contributed by atoms with Crippen LogP contribution in [-0.2, 0) is 16.2 Å². The minimum atomic E-state index is -4.64. The number of thiazole rings is 1. The summed E-state index contributed by atoms with van der Waals surface area (Å²) in [5.74, 6) is -0.127. The molecule has 0 bridgehead atoms. The summed E-state index contributed by atoms with van der Waals surface area (Å²) in [5, 5.41) is 2.28. The van der Waals surface area contributed by atoms with E-state index in [9.17, 15) is 21.6 Å². The van der Waals surface area contributed by atoms with Crippen molar-refractivity contribution in [2.45, 2.75) is 24.9 Å². The largest absolute Gasteiger partial charge is 0.434 e. The van der Waals surface area contributed by atoms with Gasteiger partial charge in [-0.1, -0.05) is 0 Å². The standard InChI is InChI=1S/C16H14F3N5O2S2/c1-9(20)23-28(25,26)12-5-3-11(4-6-12)24-7-14(16(17,18)19)22-15(24)13-8-27-10(2)21-13/h3-8H,1-2H3,(H2,20,23). The maximum absolute atomic E-state index is 13.2. The molecule has 2 aromatic heterocycles. The SMILES string of the molecule is CC(N)=NS(=O)(=O)c1ccc(-n2cc(C(F)(F)F)nc2-c2csc(C)n2)cc1. The summed E-state index contributed by atoms with van der Waals surface area (Å²) in [4.78, 5) is 7.73. The van der Waals surface area contributed by atoms with Crippen molar-refractivity contribution in [1.82, 2.24) is 14.5 Å². The van der Waals surface area contributed by atoms with E-state index in [1.807, 2.05) is 0 Å². The average Bonchev–Trinajstić information content (AvgIpc) is 3.19. The first kappa shape index (κ1) is 20.0. The second-order valence-corrected chi connectivity index (χ2v) is 8.44. The van der Waals surface area contributed by atoms with Gasteiger partial charge in [0.2, 0.25) is 0 Å². The first-order chi connectivity index (χ1) is 13.0. The number of imidazole rings is 1. The molecule has 0 aliphatic rings. The number of hydrogen-bond donors (Lipinski definition) is 1. The highest BCUT2D eigenvalue weighted by atomic mass is 32.2. The summed E-state index contributed by atoms with van der Waals surface area (Å²) >= 11 is 1.28. The van der Waals surface area contributed by atoms with Crippen LogP contribution in [0.15, 0.2) is 45.1 Å². The number of halogens is 3. The molecule has 1 aromatic carbocycles. The fourth-order valence-corrected chi connectivity index (χ4v) is 3.94. The van der Waals surface area contributed by atoms with Crippen LogP contribution in [0.5, 0.6) is 0 Å². The third-order valence-electron chi connectivity index (χ3n) is 3.52. The van der Waals surface area contributed by atoms with Crippen LogP contribution in [0.3, 0.4) is 0 Å². The summed E-state index contributed by atoms with van der Waals surface area (Å²) in [5.41, 5.74) is 4.81. The Bertz CT molecular complexity index is 1140. The van der Waals surface area contributed by atoms with E-state index in [2.05, 4.69) is 14.4 Å². The molecule has 2 heterocycles. The van der Waals surface area contributed by atoms with Crippen molar-refractivity contribution in [1.29, 1.82) is 0 Å². The molecule has 12 heteroatoms. The van der Waals surface area contributed by atoms with Crippen LogP contribution < -0.4 is 5.73 Å². The highest BCUT2D eigenvalue weighted by molar-refractivity contribution is 7.90. The molecule has 28 heavy (non-hydrogen) atoms. The molecule has 0 aliphatic heterocycles. The van der Waals surface area contributed by atoms with Crippen LogP contribution in [0.1, 0.15) is 17.6 Å². The van der Waals surface area contributed by atoms with Crippen molar-refractivity contribution in [3.8, 4) is 17.2 Å². The lowest BCUT2D eigenvalue weighted by molar-refractivity contribution is -0.140. The van der Waals surface area contributed by atoms with E-state index in [0.29, 0.717) is 5.01 Å². The Morgan fingerprint density at radius 2 is 1.86 bits per heavy atom. The van der Waals surface area contributed by atoms with Gasteiger partial charge in [-0.2, -0.15) is 21.6 Å². The molecule has 148 valence electrons. The number of hydrogen-bond acceptors (Lipinski definition) is 5. The van der Waals surface area contributed by atoms with E-state index in [0.717, 1.165) is 6.20 Å². The molecule has 0 amide bonds. The monoisotopic (exact) mass is 429 g/mol. The number of aromatic nitrogens is 3. The molecule has 3 aromatic rings. The zero-order valence-electron chi connectivity index (χ0n) is 14.6. The van der Waals surface area contributed by atoms with Gasteiger partial charge < -0.3 is 5.73 Å². The molecule has 3 rings (SSSR count). The number of aryl methyl sites for hydroxylation is 1. The van der Waals surface area contributed by atoms with Crippen molar-refractivity contribution in [2.75, 3.05) is 0 Å². The lowest BCUT2D eigenvalue weighted by Gasteiger charge is -2.07. The number of rotatable bonds is 4. The first-order valence-corrected chi connectivity index (χ1v) is 10.1. The number of sulfonamides is 1. The predicted molar refractivity (Wildman–Crippen MR) is 98.9 cm³/mol. The summed E-state index contributed by atoms with van der Waals surface area (Å²) in [6.07, 6.45) is -3.79. The maximum atomic E-state index is 13.2. The summed E-state index contributed by atoms with van der Waals surface area (Å²) < 4.78 is 68.2. The Kier molecular flexibility index (Phi) is 5.02. The van der Waals surface area contributed by atoms with E-state index in [-0.39, 0.29) is 27.9 Å². The van der Waals surface area contributed by atoms with E-state index in [1.54, 1.807) is 12.3 Å². The molecule has 0 atom stereocenters. The Labute approximate surface area is 162 Å². The Morgan fingerprint density at radius 3 is 2.36 bits per heavy atom. The van der Waals surface area contributed by atoms with Gasteiger partial charge in [0, 0.05) is 17.3 Å². The predicted octanol–water partition coefficient (Wildman–Crippen LogP) is 3.39. The van der Waals surface area contributed by atoms with Crippen LogP contribution in [0.4, 0.5) is 13.2 Å². The molecular weight excluding hydrogens is 415 g/mol. The van der Waals surface area contributed by atoms with Crippen molar-refractivity contribution in [3.05, 3.63) is 46.5 Å². The van der Waals surface area contributed by atoms with Crippen molar-refractivity contribution < 1.29 is 21.6 Å². The number of amidine groups is 1. The topological polar surface area (TPSA) is 103 Å². The second kappa shape index (κ2) is 7.02. The maximum Gasteiger partial charge on any atom is 0.434 e. The van der Waals surface area contributed by atoms with Gasteiger partial charge in [-0.15, -0.1) is 15.7 Å². The van der Waals surface area contributed by atoms with Crippen molar-refractivity contribution in [3.63, 3.8) is 0 Å². The van der Waals surface area contributed by atoms with Gasteiger partial charge in [-0.05, 0) is 38.1 Å². The zero-order chi connectivity index (χ0) is 20.7. The molecule has 0 fully saturated rings. The van der Waals surface area contributed by atoms with E-state index < -0.39 is 21.9 Å². The lowest BCUT2D eigenvalue weighted by atomic mass is 10.3. The van der Waals surface area contributed by atoms with Gasteiger partial charge in [0.05, 0.1) is 9.90 Å². The van der Waals surface area contributed by atoms with Crippen LogP contribution in [0.2, 0.25) is 0 Å². The third kappa shape index (κ3) is 4.07. The summed E-state index contributed by atoms with van der Waals surface area (Å²) in [6, 6.07) is 5.19. The lowest BCUT2D eigenvalue weighted by Crippen LogP contribution is -2.10. The molecular formula is C16H14F3N5O2S2. The van der Waals surface area contributed by atoms with E-state index >= 15 is 0 Å². The highest BCUT2D eigenvalue weighted by Gasteiger charge is 2.35. The summed E-state index contributed by atoms with van der Waals surface area (Å²) in [6.45, 7) is 3.06. The molecule has 0 spiro atoms. The highest BCUT2D eigenvalue weighted by Crippen LogP contribution is 2.33. The molecule has 2 N–H and O–H groups in total. The fourth-order valence-electron chi connectivity index (χ4n) is 2.38. The van der Waals surface area contributed by atoms with Gasteiger partial charge in [0.1, 0.15) is 11.5 Å². The van der Waals surface area contributed by atoms with Gasteiger partial charge in [0.15, 0.2) is 11.5 Å². The molecule has 0 aliphatic carbocycles. The molecule has 7 nitrogen and oxygen atoms in total. The number of nitrogens with zero attached hydrogens (tertiary/aromatic N) is 4. The minimum absolute atomic E-state index is 0.00288. The molecule has 0 saturated heterocycles. The fraction of sp³-hybridized carbons (Fsp3) is 0.188. The first-order valence-electron chi connectivity index (χ1n) is 7.74. The van der Waals surface area contributed by atoms with Gasteiger partial charge in [0.25, 0.3) is 10.0 Å². The summed E-state index contributed by atoms with van der Waals surface area (Å²) in [7, 11) is -3.99. The van der Waals surface area contributed by atoms with Crippen LogP contribution >= 0.6 is 11.3 Å². The smallest absolute Gasteiger partial charge is 0.387 e. The van der Waals surface area contributed by atoms with Crippen LogP contribution in [-0.4, -0.2) is 28.8 Å². The zero-order valence-corrected chi connectivity index (χ0v) is 16.2. The molecule has 0 saturated carbocycles. The Balaban J connectivity index is 2.11. The van der Waals surface area contributed by atoms with E-state index in [4.69, 9.17) is 5.73 Å². The van der Waals surface area contributed by atoms with Crippen LogP contribution in [0.25, 0.3) is 17.2 Å². The number of nitrogens with two attached hydrogens (primary N) is 1. The second-order valence-electron chi connectivity index (χ2n) is 5.77. The van der Waals surface area contributed by atoms with Crippen LogP contribution in [0, 0.1) is 6.92 Å². The Hall–Kier alpha value is -2.73. The van der Waals surface area contributed by atoms with Crippen molar-refractivity contribution in [2.24, 2.45) is 10.1 Å². The van der Waals surface area contributed by atoms with Gasteiger partial charge in [-0.25, -0.2) is 9.97 Å².